The average Bonchev–Trinajstić information content (AvgIpc) is 2.82. The number of nitrogens with zero attached hydrogens (tertiary/aromatic N) is 1. The van der Waals surface area contributed by atoms with Crippen molar-refractivity contribution in [1.29, 1.82) is 0 Å². The van der Waals surface area contributed by atoms with Crippen LogP contribution in [0.3, 0.4) is 0 Å². The van der Waals surface area contributed by atoms with Gasteiger partial charge in [-0.25, -0.2) is 0 Å². The molecule has 2 fully saturated rings. The van der Waals surface area contributed by atoms with Gasteiger partial charge in [0.2, 0.25) is 0 Å². The van der Waals surface area contributed by atoms with E-state index in [-0.39, 0.29) is 6.61 Å². The number of hydrogen-bond donors (Lipinski definition) is 4. The fourth-order valence-corrected chi connectivity index (χ4v) is 2.90. The molecule has 0 saturated carbocycles. The van der Waals surface area contributed by atoms with Crippen LogP contribution in [-0.4, -0.2) is 72.6 Å². The second-order valence-electron chi connectivity index (χ2n) is 5.32. The average molecular weight is 243 g/mol. The molecule has 2 rings (SSSR count). The predicted molar refractivity (Wildman–Crippen MR) is 67.0 cm³/mol. The number of aliphatic hydroxyl groups is 2. The molecule has 0 aromatic rings. The zero-order valence-electron chi connectivity index (χ0n) is 10.5. The minimum absolute atomic E-state index is 0.171. The molecule has 2 heterocycles. The van der Waals surface area contributed by atoms with Gasteiger partial charge in [-0.05, 0) is 38.9 Å². The Bertz CT molecular complexity index is 226. The maximum absolute atomic E-state index is 10.5. The molecule has 0 aliphatic carbocycles. The second kappa shape index (κ2) is 6.11. The lowest BCUT2D eigenvalue weighted by Gasteiger charge is -2.39. The third kappa shape index (κ3) is 3.63. The molecular weight excluding hydrogens is 218 g/mol. The van der Waals surface area contributed by atoms with Crippen LogP contribution in [0.1, 0.15) is 19.3 Å². The molecular formula is C12H25N3O2. The fourth-order valence-electron chi connectivity index (χ4n) is 2.90. The lowest BCUT2D eigenvalue weighted by Crippen LogP contribution is -2.53. The first-order valence-corrected chi connectivity index (χ1v) is 6.72. The zero-order chi connectivity index (χ0) is 12.1. The van der Waals surface area contributed by atoms with Gasteiger partial charge in [0.25, 0.3) is 0 Å². The first-order valence-electron chi connectivity index (χ1n) is 6.72. The summed E-state index contributed by atoms with van der Waals surface area (Å²) < 4.78 is 0. The van der Waals surface area contributed by atoms with Crippen molar-refractivity contribution < 1.29 is 10.2 Å². The summed E-state index contributed by atoms with van der Waals surface area (Å²) >= 11 is 0. The molecule has 0 aromatic heterocycles. The Kier molecular flexibility index (Phi) is 4.76. The largest absolute Gasteiger partial charge is 0.395 e. The quantitative estimate of drug-likeness (QED) is 0.486. The lowest BCUT2D eigenvalue weighted by atomic mass is 9.91. The molecule has 4 N–H and O–H groups in total. The third-order valence-electron chi connectivity index (χ3n) is 3.97. The summed E-state index contributed by atoms with van der Waals surface area (Å²) in [5, 5.41) is 26.3. The fraction of sp³-hybridized carbons (Fsp3) is 1.00. The molecule has 0 radical (unpaired) electrons. The zero-order valence-corrected chi connectivity index (χ0v) is 10.5. The number of hydrogen-bond acceptors (Lipinski definition) is 5. The van der Waals surface area contributed by atoms with Crippen LogP contribution in [0.2, 0.25) is 0 Å². The van der Waals surface area contributed by atoms with Crippen LogP contribution >= 0.6 is 0 Å². The van der Waals surface area contributed by atoms with Gasteiger partial charge in [0.05, 0.1) is 12.2 Å². The van der Waals surface area contributed by atoms with Gasteiger partial charge in [-0.15, -0.1) is 0 Å². The van der Waals surface area contributed by atoms with Gasteiger partial charge in [-0.1, -0.05) is 0 Å². The smallest absolute Gasteiger partial charge is 0.0798 e. The molecule has 17 heavy (non-hydrogen) atoms. The Morgan fingerprint density at radius 2 is 1.94 bits per heavy atom. The van der Waals surface area contributed by atoms with Crippen molar-refractivity contribution in [3.63, 3.8) is 0 Å². The number of rotatable bonds is 5. The molecule has 2 saturated heterocycles. The summed E-state index contributed by atoms with van der Waals surface area (Å²) in [6.07, 6.45) is 2.75. The van der Waals surface area contributed by atoms with Gasteiger partial charge in [0.1, 0.15) is 0 Å². The van der Waals surface area contributed by atoms with Gasteiger partial charge in [0, 0.05) is 25.7 Å². The van der Waals surface area contributed by atoms with Crippen molar-refractivity contribution in [2.75, 3.05) is 45.9 Å². The van der Waals surface area contributed by atoms with Crippen LogP contribution in [-0.2, 0) is 0 Å². The van der Waals surface area contributed by atoms with Gasteiger partial charge in [-0.2, -0.15) is 0 Å². The molecule has 0 aromatic carbocycles. The molecule has 5 nitrogen and oxygen atoms in total. The van der Waals surface area contributed by atoms with Crippen LogP contribution in [0, 0.1) is 0 Å². The van der Waals surface area contributed by atoms with E-state index in [9.17, 15) is 5.11 Å². The molecule has 100 valence electrons. The van der Waals surface area contributed by atoms with Gasteiger partial charge < -0.3 is 20.8 Å². The SMILES string of the molecule is OCCN(CC1(O)CCNCC1)C1CCNC1. The Morgan fingerprint density at radius 1 is 1.18 bits per heavy atom. The van der Waals surface area contributed by atoms with Crippen molar-refractivity contribution in [3.8, 4) is 0 Å². The number of aliphatic hydroxyl groups excluding tert-OH is 1. The Balaban J connectivity index is 1.90. The Labute approximate surface area is 103 Å². The first-order chi connectivity index (χ1) is 8.23. The van der Waals surface area contributed by atoms with E-state index in [2.05, 4.69) is 15.5 Å². The van der Waals surface area contributed by atoms with Crippen LogP contribution in [0.25, 0.3) is 0 Å². The van der Waals surface area contributed by atoms with Crippen molar-refractivity contribution in [1.82, 2.24) is 15.5 Å². The van der Waals surface area contributed by atoms with Crippen molar-refractivity contribution in [2.45, 2.75) is 30.9 Å². The standard InChI is InChI=1S/C12H25N3O2/c16-8-7-15(11-1-4-14-9-11)10-12(17)2-5-13-6-3-12/h11,13-14,16-17H,1-10H2. The van der Waals surface area contributed by atoms with Gasteiger partial charge in [-0.3, -0.25) is 4.90 Å². The topological polar surface area (TPSA) is 67.8 Å². The molecule has 0 amide bonds. The lowest BCUT2D eigenvalue weighted by molar-refractivity contribution is -0.0323. The predicted octanol–water partition coefficient (Wildman–Crippen LogP) is -1.24. The van der Waals surface area contributed by atoms with Crippen molar-refractivity contribution in [3.05, 3.63) is 0 Å². The number of piperidine rings is 1. The van der Waals surface area contributed by atoms with Gasteiger partial charge >= 0.3 is 0 Å². The summed E-state index contributed by atoms with van der Waals surface area (Å²) in [7, 11) is 0. The van der Waals surface area contributed by atoms with E-state index in [1.807, 2.05) is 0 Å². The highest BCUT2D eigenvalue weighted by atomic mass is 16.3. The normalized spacial score (nSPS) is 28.8. The maximum atomic E-state index is 10.5. The first kappa shape index (κ1) is 13.2. The summed E-state index contributed by atoms with van der Waals surface area (Å²) in [6, 6.07) is 0.473. The number of nitrogens with one attached hydrogen (secondary N) is 2. The van der Waals surface area contributed by atoms with Crippen LogP contribution in [0.4, 0.5) is 0 Å². The van der Waals surface area contributed by atoms with Crippen molar-refractivity contribution in [2.24, 2.45) is 0 Å². The van der Waals surface area contributed by atoms with E-state index in [0.29, 0.717) is 19.1 Å². The maximum Gasteiger partial charge on any atom is 0.0798 e. The molecule has 5 heteroatoms. The molecule has 2 aliphatic heterocycles. The molecule has 0 spiro atoms. The summed E-state index contributed by atoms with van der Waals surface area (Å²) in [5.41, 5.74) is -0.566. The van der Waals surface area contributed by atoms with Gasteiger partial charge in [0.15, 0.2) is 0 Å². The van der Waals surface area contributed by atoms with Crippen LogP contribution in [0.5, 0.6) is 0 Å². The highest BCUT2D eigenvalue weighted by molar-refractivity contribution is 4.91. The Hall–Kier alpha value is -0.200. The second-order valence-corrected chi connectivity index (χ2v) is 5.32. The molecule has 2 aliphatic rings. The summed E-state index contributed by atoms with van der Waals surface area (Å²) in [4.78, 5) is 2.26. The molecule has 1 atom stereocenters. The summed E-state index contributed by atoms with van der Waals surface area (Å²) in [5.74, 6) is 0. The molecule has 1 unspecified atom stereocenters. The van der Waals surface area contributed by atoms with E-state index in [1.165, 1.54) is 0 Å². The monoisotopic (exact) mass is 243 g/mol. The van der Waals surface area contributed by atoms with Crippen molar-refractivity contribution >= 4 is 0 Å². The van der Waals surface area contributed by atoms with E-state index in [0.717, 1.165) is 45.4 Å². The van der Waals surface area contributed by atoms with E-state index in [4.69, 9.17) is 5.11 Å². The minimum Gasteiger partial charge on any atom is -0.395 e. The van der Waals surface area contributed by atoms with Crippen LogP contribution in [0.15, 0.2) is 0 Å². The van der Waals surface area contributed by atoms with E-state index < -0.39 is 5.60 Å². The Morgan fingerprint density at radius 3 is 2.53 bits per heavy atom. The highest BCUT2D eigenvalue weighted by Crippen LogP contribution is 2.21. The third-order valence-corrected chi connectivity index (χ3v) is 3.97. The van der Waals surface area contributed by atoms with E-state index in [1.54, 1.807) is 0 Å². The highest BCUT2D eigenvalue weighted by Gasteiger charge is 2.34. The summed E-state index contributed by atoms with van der Waals surface area (Å²) in [6.45, 7) is 5.36. The van der Waals surface area contributed by atoms with Crippen LogP contribution < -0.4 is 10.6 Å². The molecule has 0 bridgehead atoms. The van der Waals surface area contributed by atoms with E-state index >= 15 is 0 Å². The minimum atomic E-state index is -0.566.